The zero-order valence-corrected chi connectivity index (χ0v) is 33.0. The number of hydrogen-bond donors (Lipinski definition) is 16. The number of aliphatic hydroxyl groups excluding tert-OH is 14. The highest BCUT2D eigenvalue weighted by Crippen LogP contribution is 2.34. The van der Waals surface area contributed by atoms with E-state index < -0.39 is 192 Å². The molecule has 61 heavy (non-hydrogen) atoms. The van der Waals surface area contributed by atoms with E-state index in [1.54, 1.807) is 0 Å². The second kappa shape index (κ2) is 21.3. The van der Waals surface area contributed by atoms with Gasteiger partial charge in [0.25, 0.3) is 0 Å². The Balaban J connectivity index is 1.36. The number of rotatable bonds is 14. The third-order valence-electron chi connectivity index (χ3n) is 11.1. The van der Waals surface area contributed by atoms with Gasteiger partial charge in [-0.25, -0.2) is 0 Å². The summed E-state index contributed by atoms with van der Waals surface area (Å²) in [7, 11) is 0. The van der Waals surface area contributed by atoms with Crippen LogP contribution in [-0.4, -0.2) is 263 Å². The molecule has 5 rings (SSSR count). The molecule has 0 bridgehead atoms. The summed E-state index contributed by atoms with van der Waals surface area (Å²) in [6, 6.07) is -3.19. The Hall–Kier alpha value is -1.98. The van der Waals surface area contributed by atoms with Crippen LogP contribution in [0.2, 0.25) is 0 Å². The smallest absolute Gasteiger partial charge is 0.217 e. The highest BCUT2D eigenvalue weighted by molar-refractivity contribution is 5.73. The summed E-state index contributed by atoms with van der Waals surface area (Å²) in [5.74, 6) is -1.50. The molecule has 16 N–H and O–H groups in total. The number of hydrogen-bond acceptors (Lipinski definition) is 25. The van der Waals surface area contributed by atoms with E-state index in [0.717, 1.165) is 13.8 Å². The minimum atomic E-state index is -2.01. The lowest BCUT2D eigenvalue weighted by molar-refractivity contribution is -0.381. The van der Waals surface area contributed by atoms with Crippen molar-refractivity contribution in [3.05, 3.63) is 0 Å². The Kier molecular flexibility index (Phi) is 17.5. The molecule has 5 fully saturated rings. The minimum absolute atomic E-state index is 0.740. The monoisotopic (exact) mass is 894 g/mol. The van der Waals surface area contributed by atoms with Gasteiger partial charge in [0.05, 0.1) is 32.5 Å². The molecule has 2 amide bonds. The lowest BCUT2D eigenvalue weighted by Gasteiger charge is -2.49. The van der Waals surface area contributed by atoms with Gasteiger partial charge in [0.1, 0.15) is 116 Å². The predicted octanol–water partition coefficient (Wildman–Crippen LogP) is -10.6. The second-order valence-corrected chi connectivity index (χ2v) is 15.4. The first-order chi connectivity index (χ1) is 28.7. The fourth-order valence-corrected chi connectivity index (χ4v) is 7.66. The van der Waals surface area contributed by atoms with E-state index in [-0.39, 0.29) is 0 Å². The fraction of sp³-hybridized carbons (Fsp3) is 0.941. The maximum absolute atomic E-state index is 12.3. The summed E-state index contributed by atoms with van der Waals surface area (Å²) in [5, 5.41) is 152. The third-order valence-corrected chi connectivity index (χ3v) is 11.1. The van der Waals surface area contributed by atoms with E-state index in [2.05, 4.69) is 10.6 Å². The maximum Gasteiger partial charge on any atom is 0.217 e. The molecule has 27 heteroatoms. The molecule has 0 radical (unpaired) electrons. The average molecular weight is 895 g/mol. The lowest BCUT2D eigenvalue weighted by Crippen LogP contribution is -2.69. The zero-order valence-electron chi connectivity index (χ0n) is 33.0. The molecule has 0 aromatic rings. The molecule has 5 saturated heterocycles. The van der Waals surface area contributed by atoms with Gasteiger partial charge in [-0.05, 0) is 6.92 Å². The van der Waals surface area contributed by atoms with Crippen molar-refractivity contribution in [3.8, 4) is 0 Å². The van der Waals surface area contributed by atoms with Crippen molar-refractivity contribution in [1.29, 1.82) is 0 Å². The van der Waals surface area contributed by atoms with Gasteiger partial charge in [0, 0.05) is 13.8 Å². The molecule has 0 aromatic heterocycles. The van der Waals surface area contributed by atoms with Crippen LogP contribution in [0.4, 0.5) is 0 Å². The molecule has 1 unspecified atom stereocenters. The molecular formula is C34H58N2O25. The Labute approximate surface area is 346 Å². The number of ether oxygens (including phenoxy) is 9. The Bertz CT molecular complexity index is 1420. The lowest BCUT2D eigenvalue weighted by atomic mass is 9.94. The topological polar surface area (TPSA) is 424 Å². The van der Waals surface area contributed by atoms with E-state index in [9.17, 15) is 81.1 Å². The van der Waals surface area contributed by atoms with Crippen LogP contribution in [-0.2, 0) is 52.2 Å². The number of aliphatic hydroxyl groups is 14. The van der Waals surface area contributed by atoms with Crippen molar-refractivity contribution in [2.75, 3.05) is 26.4 Å². The van der Waals surface area contributed by atoms with Gasteiger partial charge in [-0.1, -0.05) is 0 Å². The van der Waals surface area contributed by atoms with E-state index in [1.807, 2.05) is 0 Å². The van der Waals surface area contributed by atoms with Crippen molar-refractivity contribution >= 4 is 11.8 Å². The van der Waals surface area contributed by atoms with Gasteiger partial charge in [-0.3, -0.25) is 9.59 Å². The Morgan fingerprint density at radius 2 is 0.934 bits per heavy atom. The molecule has 0 saturated carbocycles. The quantitative estimate of drug-likeness (QED) is 0.0770. The van der Waals surface area contributed by atoms with Crippen LogP contribution in [0.3, 0.4) is 0 Å². The van der Waals surface area contributed by atoms with Crippen molar-refractivity contribution in [2.24, 2.45) is 0 Å². The first kappa shape index (κ1) is 50.0. The highest BCUT2D eigenvalue weighted by Gasteiger charge is 2.56. The molecule has 354 valence electrons. The van der Waals surface area contributed by atoms with Gasteiger partial charge in [0.2, 0.25) is 11.8 Å². The van der Waals surface area contributed by atoms with Crippen LogP contribution >= 0.6 is 0 Å². The Morgan fingerprint density at radius 1 is 0.459 bits per heavy atom. The highest BCUT2D eigenvalue weighted by atomic mass is 16.8. The molecular weight excluding hydrogens is 836 g/mol. The van der Waals surface area contributed by atoms with Crippen LogP contribution in [0.1, 0.15) is 20.8 Å². The van der Waals surface area contributed by atoms with Crippen molar-refractivity contribution in [1.82, 2.24) is 10.6 Å². The third kappa shape index (κ3) is 10.9. The molecule has 0 spiro atoms. The maximum atomic E-state index is 12.3. The van der Waals surface area contributed by atoms with Gasteiger partial charge in [-0.15, -0.1) is 0 Å². The molecule has 27 nitrogen and oxygen atoms in total. The van der Waals surface area contributed by atoms with E-state index in [4.69, 9.17) is 42.6 Å². The molecule has 0 aromatic carbocycles. The fourth-order valence-electron chi connectivity index (χ4n) is 7.66. The summed E-state index contributed by atoms with van der Waals surface area (Å²) in [5.41, 5.74) is 0. The van der Waals surface area contributed by atoms with E-state index in [0.29, 0.717) is 0 Å². The SMILES string of the molecule is CC(=O)N[C@H]1[C@H](OC[C@H]2OC(O)[C@H](NC(C)=O)[C@@H](O[C@@H]3O[C@H](CO)[C@H](O)[C@H](O)[C@H]3O[C@@H]3O[C@@H](C)[C@@H](O)[C@@H](O)[C@@H]3O)[C@H]2O)O[C@H](CO)[C@H](O[C@@H]2O[C@H](CO)[C@H](O)[C@H](O)[C@H]2O)[C@@H]1O. The molecule has 5 aliphatic rings. The average Bonchev–Trinajstić information content (AvgIpc) is 3.21. The number of carbonyl (C=O) groups excluding carboxylic acids is 2. The van der Waals surface area contributed by atoms with Crippen LogP contribution in [0.25, 0.3) is 0 Å². The summed E-state index contributed by atoms with van der Waals surface area (Å²) in [6.45, 7) is 0.0785. The molecule has 25 atom stereocenters. The summed E-state index contributed by atoms with van der Waals surface area (Å²) < 4.78 is 51.1. The summed E-state index contributed by atoms with van der Waals surface area (Å²) in [6.07, 6.45) is -40.2. The molecule has 5 heterocycles. The standard InChI is InChI=1S/C34H58N2O25/c1-8-17(42)22(47)25(50)32(54-8)61-29-24(49)19(44)12(5-38)57-34(29)60-28-16(36-10(3)41)30(52)55-14(20(28)45)7-53-31-15(35-9(2)40)21(46)27(13(6-39)58-31)59-33-26(51)23(48)18(43)11(4-37)56-33/h8,11-34,37-39,42-52H,4-7H2,1-3H3,(H,35,40)(H,36,41)/t8-,11+,12+,13+,14+,15+,16+,17+,18-,19-,20-,21+,22+,23-,24-,25-,26+,27-,28+,29+,30?,31+,32-,33-,34-/m0/s1. The van der Waals surface area contributed by atoms with Crippen LogP contribution < -0.4 is 10.6 Å². The Morgan fingerprint density at radius 3 is 1.51 bits per heavy atom. The number of nitrogens with one attached hydrogen (secondary N) is 2. The summed E-state index contributed by atoms with van der Waals surface area (Å²) >= 11 is 0. The normalized spacial score (nSPS) is 49.6. The number of carbonyl (C=O) groups is 2. The van der Waals surface area contributed by atoms with Crippen LogP contribution in [0.15, 0.2) is 0 Å². The van der Waals surface area contributed by atoms with Gasteiger partial charge in [0.15, 0.2) is 31.5 Å². The van der Waals surface area contributed by atoms with Gasteiger partial charge < -0.3 is 125 Å². The van der Waals surface area contributed by atoms with Crippen LogP contribution in [0, 0.1) is 0 Å². The first-order valence-corrected chi connectivity index (χ1v) is 19.4. The van der Waals surface area contributed by atoms with Gasteiger partial charge >= 0.3 is 0 Å². The van der Waals surface area contributed by atoms with E-state index >= 15 is 0 Å². The first-order valence-electron chi connectivity index (χ1n) is 19.4. The predicted molar refractivity (Wildman–Crippen MR) is 188 cm³/mol. The van der Waals surface area contributed by atoms with Crippen molar-refractivity contribution in [2.45, 2.75) is 174 Å². The summed E-state index contributed by atoms with van der Waals surface area (Å²) in [4.78, 5) is 24.5. The minimum Gasteiger partial charge on any atom is -0.394 e. The van der Waals surface area contributed by atoms with E-state index in [1.165, 1.54) is 6.92 Å². The largest absolute Gasteiger partial charge is 0.394 e. The van der Waals surface area contributed by atoms with Gasteiger partial charge in [-0.2, -0.15) is 0 Å². The molecule has 5 aliphatic heterocycles. The zero-order chi connectivity index (χ0) is 45.2. The second-order valence-electron chi connectivity index (χ2n) is 15.4. The van der Waals surface area contributed by atoms with Crippen molar-refractivity contribution in [3.63, 3.8) is 0 Å². The molecule has 0 aliphatic carbocycles. The van der Waals surface area contributed by atoms with Crippen LogP contribution in [0.5, 0.6) is 0 Å². The number of amides is 2. The van der Waals surface area contributed by atoms with Crippen molar-refractivity contribution < 1.29 is 124 Å².